The van der Waals surface area contributed by atoms with Crippen molar-refractivity contribution in [2.45, 2.75) is 32.0 Å². The Morgan fingerprint density at radius 3 is 2.61 bits per heavy atom. The fourth-order valence-corrected chi connectivity index (χ4v) is 2.23. The first-order valence-corrected chi connectivity index (χ1v) is 5.95. The number of nitrogens with one attached hydrogen (secondary N) is 1. The molecule has 0 bridgehead atoms. The summed E-state index contributed by atoms with van der Waals surface area (Å²) in [5, 5.41) is 2.68. The summed E-state index contributed by atoms with van der Waals surface area (Å²) in [4.78, 5) is 6.14. The Bertz CT molecular complexity index is 431. The maximum absolute atomic E-state index is 12.8. The van der Waals surface area contributed by atoms with Crippen LogP contribution in [0.25, 0.3) is 0 Å². The van der Waals surface area contributed by atoms with E-state index in [2.05, 4.69) is 10.3 Å². The van der Waals surface area contributed by atoms with Crippen LogP contribution in [0.5, 0.6) is 0 Å². The summed E-state index contributed by atoms with van der Waals surface area (Å²) in [6.45, 7) is 2.77. The summed E-state index contributed by atoms with van der Waals surface area (Å²) >= 11 is 0. The van der Waals surface area contributed by atoms with E-state index in [4.69, 9.17) is 0 Å². The molecule has 2 rings (SSSR count). The summed E-state index contributed by atoms with van der Waals surface area (Å²) in [7, 11) is 1.57. The number of hydrogen-bond donors (Lipinski definition) is 1. The zero-order valence-electron chi connectivity index (χ0n) is 10.4. The first-order valence-electron chi connectivity index (χ1n) is 5.95. The largest absolute Gasteiger partial charge is 0.416 e. The molecule has 1 aromatic rings. The van der Waals surface area contributed by atoms with Gasteiger partial charge in [0, 0.05) is 19.6 Å². The van der Waals surface area contributed by atoms with E-state index in [1.165, 1.54) is 0 Å². The molecule has 1 unspecified atom stereocenters. The molecule has 3 nitrogen and oxygen atoms in total. The van der Waals surface area contributed by atoms with Crippen LogP contribution >= 0.6 is 0 Å². The minimum absolute atomic E-state index is 0.241. The minimum atomic E-state index is -4.34. The number of anilines is 2. The Hall–Kier alpha value is -1.46. The molecule has 18 heavy (non-hydrogen) atoms. The highest BCUT2D eigenvalue weighted by Crippen LogP contribution is 2.34. The van der Waals surface area contributed by atoms with Crippen LogP contribution in [0.1, 0.15) is 25.3 Å². The molecule has 1 saturated heterocycles. The van der Waals surface area contributed by atoms with Gasteiger partial charge >= 0.3 is 6.18 Å². The summed E-state index contributed by atoms with van der Waals surface area (Å²) < 4.78 is 38.4. The molecule has 0 aliphatic carbocycles. The highest BCUT2D eigenvalue weighted by atomic mass is 19.4. The molecule has 1 fully saturated rings. The number of aromatic nitrogens is 1. The summed E-state index contributed by atoms with van der Waals surface area (Å²) in [5.41, 5.74) is -0.657. The van der Waals surface area contributed by atoms with Crippen LogP contribution in [-0.2, 0) is 6.18 Å². The van der Waals surface area contributed by atoms with Gasteiger partial charge in [-0.1, -0.05) is 0 Å². The molecule has 1 aliphatic heterocycles. The summed E-state index contributed by atoms with van der Waals surface area (Å²) in [5.74, 6) is 0.651. The minimum Gasteiger partial charge on any atom is -0.373 e. The first kappa shape index (κ1) is 13.0. The zero-order chi connectivity index (χ0) is 13.3. The molecule has 1 aliphatic rings. The Kier molecular flexibility index (Phi) is 3.36. The van der Waals surface area contributed by atoms with Crippen molar-refractivity contribution in [2.75, 3.05) is 23.8 Å². The maximum atomic E-state index is 12.8. The molecule has 0 spiro atoms. The van der Waals surface area contributed by atoms with Crippen molar-refractivity contribution in [3.05, 3.63) is 17.7 Å². The third kappa shape index (κ3) is 2.52. The van der Waals surface area contributed by atoms with Gasteiger partial charge < -0.3 is 10.2 Å². The maximum Gasteiger partial charge on any atom is 0.416 e. The highest BCUT2D eigenvalue weighted by molar-refractivity contribution is 5.52. The van der Waals surface area contributed by atoms with Crippen LogP contribution in [0.2, 0.25) is 0 Å². The summed E-state index contributed by atoms with van der Waals surface area (Å²) in [6, 6.07) is 2.40. The smallest absolute Gasteiger partial charge is 0.373 e. The van der Waals surface area contributed by atoms with Gasteiger partial charge in [-0.2, -0.15) is 13.2 Å². The van der Waals surface area contributed by atoms with Crippen molar-refractivity contribution >= 4 is 11.6 Å². The van der Waals surface area contributed by atoms with Crippen molar-refractivity contribution in [1.82, 2.24) is 4.98 Å². The van der Waals surface area contributed by atoms with Gasteiger partial charge in [-0.15, -0.1) is 0 Å². The topological polar surface area (TPSA) is 28.2 Å². The number of halogens is 3. The SMILES string of the molecule is CNc1cc(C(F)(F)F)cc(N2CCCC2C)n1. The van der Waals surface area contributed by atoms with Crippen LogP contribution in [0, 0.1) is 0 Å². The van der Waals surface area contributed by atoms with Crippen LogP contribution in [0.15, 0.2) is 12.1 Å². The molecular formula is C12H16F3N3. The van der Waals surface area contributed by atoms with Crippen LogP contribution in [-0.4, -0.2) is 24.6 Å². The fraction of sp³-hybridized carbons (Fsp3) is 0.583. The average molecular weight is 259 g/mol. The lowest BCUT2D eigenvalue weighted by Crippen LogP contribution is -2.27. The van der Waals surface area contributed by atoms with Gasteiger partial charge in [0.25, 0.3) is 0 Å². The van der Waals surface area contributed by atoms with Crippen LogP contribution in [0.3, 0.4) is 0 Å². The molecule has 0 saturated carbocycles. The number of nitrogens with zero attached hydrogens (tertiary/aromatic N) is 2. The molecule has 2 heterocycles. The molecule has 0 aromatic carbocycles. The number of hydrogen-bond acceptors (Lipinski definition) is 3. The van der Waals surface area contributed by atoms with Gasteiger partial charge in [0.1, 0.15) is 11.6 Å². The molecule has 0 radical (unpaired) electrons. The standard InChI is InChI=1S/C12H16F3N3/c1-8-4-3-5-18(8)11-7-9(12(13,14)15)6-10(16-2)17-11/h6-8H,3-5H2,1-2H3,(H,16,17). The van der Waals surface area contributed by atoms with Gasteiger partial charge in [-0.25, -0.2) is 4.98 Å². The summed E-state index contributed by atoms with van der Waals surface area (Å²) in [6.07, 6.45) is -2.35. The molecule has 1 aromatic heterocycles. The third-order valence-corrected chi connectivity index (χ3v) is 3.24. The second kappa shape index (κ2) is 4.66. The first-order chi connectivity index (χ1) is 8.41. The van der Waals surface area contributed by atoms with E-state index in [1.807, 2.05) is 11.8 Å². The molecule has 100 valence electrons. The zero-order valence-corrected chi connectivity index (χ0v) is 10.4. The van der Waals surface area contributed by atoms with Gasteiger partial charge in [-0.05, 0) is 31.9 Å². The van der Waals surface area contributed by atoms with E-state index >= 15 is 0 Å². The Balaban J connectivity index is 2.41. The Morgan fingerprint density at radius 2 is 2.11 bits per heavy atom. The van der Waals surface area contributed by atoms with Crippen molar-refractivity contribution in [1.29, 1.82) is 0 Å². The number of rotatable bonds is 2. The third-order valence-electron chi connectivity index (χ3n) is 3.24. The lowest BCUT2D eigenvalue weighted by molar-refractivity contribution is -0.137. The number of pyridine rings is 1. The second-order valence-electron chi connectivity index (χ2n) is 4.53. The van der Waals surface area contributed by atoms with E-state index in [9.17, 15) is 13.2 Å². The van der Waals surface area contributed by atoms with Crippen LogP contribution in [0.4, 0.5) is 24.8 Å². The fourth-order valence-electron chi connectivity index (χ4n) is 2.23. The molecule has 1 atom stereocenters. The lowest BCUT2D eigenvalue weighted by atomic mass is 10.2. The van der Waals surface area contributed by atoms with Crippen molar-refractivity contribution < 1.29 is 13.2 Å². The van der Waals surface area contributed by atoms with Gasteiger partial charge in [-0.3, -0.25) is 0 Å². The van der Waals surface area contributed by atoms with Crippen molar-refractivity contribution in [3.8, 4) is 0 Å². The molecule has 6 heteroatoms. The van der Waals surface area contributed by atoms with E-state index in [1.54, 1.807) is 7.05 Å². The normalized spacial score (nSPS) is 20.3. The Morgan fingerprint density at radius 1 is 1.39 bits per heavy atom. The average Bonchev–Trinajstić information content (AvgIpc) is 2.73. The van der Waals surface area contributed by atoms with E-state index in [0.717, 1.165) is 31.5 Å². The van der Waals surface area contributed by atoms with Crippen molar-refractivity contribution in [3.63, 3.8) is 0 Å². The quantitative estimate of drug-likeness (QED) is 0.884. The lowest BCUT2D eigenvalue weighted by Gasteiger charge is -2.24. The van der Waals surface area contributed by atoms with E-state index in [-0.39, 0.29) is 11.9 Å². The monoisotopic (exact) mass is 259 g/mol. The van der Waals surface area contributed by atoms with Crippen LogP contribution < -0.4 is 10.2 Å². The highest BCUT2D eigenvalue weighted by Gasteiger charge is 2.33. The van der Waals surface area contributed by atoms with E-state index < -0.39 is 11.7 Å². The predicted octanol–water partition coefficient (Wildman–Crippen LogP) is 3.13. The second-order valence-corrected chi connectivity index (χ2v) is 4.53. The van der Waals surface area contributed by atoms with Gasteiger partial charge in [0.15, 0.2) is 0 Å². The molecule has 0 amide bonds. The van der Waals surface area contributed by atoms with Gasteiger partial charge in [0.05, 0.1) is 5.56 Å². The molecular weight excluding hydrogens is 243 g/mol. The number of alkyl halides is 3. The van der Waals surface area contributed by atoms with Gasteiger partial charge in [0.2, 0.25) is 0 Å². The van der Waals surface area contributed by atoms with Crippen molar-refractivity contribution in [2.24, 2.45) is 0 Å². The van der Waals surface area contributed by atoms with E-state index in [0.29, 0.717) is 5.82 Å². The molecule has 1 N–H and O–H groups in total. The Labute approximate surface area is 104 Å². The predicted molar refractivity (Wildman–Crippen MR) is 64.8 cm³/mol.